The predicted molar refractivity (Wildman–Crippen MR) is 80.9 cm³/mol. The number of benzene rings is 2. The Kier molecular flexibility index (Phi) is 4.25. The van der Waals surface area contributed by atoms with Gasteiger partial charge in [0, 0.05) is 11.8 Å². The zero-order valence-corrected chi connectivity index (χ0v) is 11.6. The lowest BCUT2D eigenvalue weighted by Crippen LogP contribution is -2.15. The topological polar surface area (TPSA) is 64.3 Å². The standard InChI is InChI=1S/C16H18N2O2/c1-11-5-3-4-6-12(11)9-16(19)18-13-7-8-14(17)15(10-13)20-2/h3-8,10H,9,17H2,1-2H3,(H,18,19). The molecular formula is C16H18N2O2. The highest BCUT2D eigenvalue weighted by atomic mass is 16.5. The summed E-state index contributed by atoms with van der Waals surface area (Å²) in [6.07, 6.45) is 0.347. The van der Waals surface area contributed by atoms with Crippen LogP contribution in [0.3, 0.4) is 0 Å². The van der Waals surface area contributed by atoms with Gasteiger partial charge in [0.15, 0.2) is 0 Å². The van der Waals surface area contributed by atoms with E-state index in [1.54, 1.807) is 25.3 Å². The van der Waals surface area contributed by atoms with Crippen molar-refractivity contribution in [3.8, 4) is 5.75 Å². The summed E-state index contributed by atoms with van der Waals surface area (Å²) in [7, 11) is 1.55. The van der Waals surface area contributed by atoms with E-state index in [9.17, 15) is 4.79 Å². The van der Waals surface area contributed by atoms with Crippen LogP contribution in [0.1, 0.15) is 11.1 Å². The molecule has 104 valence electrons. The average molecular weight is 270 g/mol. The number of rotatable bonds is 4. The molecule has 0 heterocycles. The van der Waals surface area contributed by atoms with Gasteiger partial charge in [-0.05, 0) is 30.2 Å². The number of nitrogen functional groups attached to an aromatic ring is 1. The fourth-order valence-corrected chi connectivity index (χ4v) is 1.98. The number of amides is 1. The molecular weight excluding hydrogens is 252 g/mol. The van der Waals surface area contributed by atoms with E-state index in [4.69, 9.17) is 10.5 Å². The van der Waals surface area contributed by atoms with Gasteiger partial charge in [-0.1, -0.05) is 24.3 Å². The number of nitrogens with one attached hydrogen (secondary N) is 1. The number of hydrogen-bond acceptors (Lipinski definition) is 3. The maximum Gasteiger partial charge on any atom is 0.228 e. The molecule has 0 aromatic heterocycles. The van der Waals surface area contributed by atoms with E-state index < -0.39 is 0 Å². The van der Waals surface area contributed by atoms with Crippen LogP contribution in [-0.4, -0.2) is 13.0 Å². The van der Waals surface area contributed by atoms with E-state index in [1.807, 2.05) is 31.2 Å². The molecule has 4 heteroatoms. The number of aryl methyl sites for hydroxylation is 1. The minimum Gasteiger partial charge on any atom is -0.495 e. The number of anilines is 2. The third kappa shape index (κ3) is 3.29. The first-order valence-corrected chi connectivity index (χ1v) is 6.38. The van der Waals surface area contributed by atoms with Gasteiger partial charge in [0.1, 0.15) is 5.75 Å². The van der Waals surface area contributed by atoms with E-state index >= 15 is 0 Å². The molecule has 0 atom stereocenters. The van der Waals surface area contributed by atoms with E-state index in [0.717, 1.165) is 11.1 Å². The minimum absolute atomic E-state index is 0.0638. The van der Waals surface area contributed by atoms with E-state index in [1.165, 1.54) is 0 Å². The smallest absolute Gasteiger partial charge is 0.228 e. The van der Waals surface area contributed by atoms with E-state index in [0.29, 0.717) is 23.5 Å². The summed E-state index contributed by atoms with van der Waals surface area (Å²) in [6.45, 7) is 1.99. The number of hydrogen-bond donors (Lipinski definition) is 2. The van der Waals surface area contributed by atoms with E-state index in [-0.39, 0.29) is 5.91 Å². The van der Waals surface area contributed by atoms with Crippen molar-refractivity contribution < 1.29 is 9.53 Å². The summed E-state index contributed by atoms with van der Waals surface area (Å²) >= 11 is 0. The summed E-state index contributed by atoms with van der Waals surface area (Å²) in [4.78, 5) is 12.0. The van der Waals surface area contributed by atoms with Crippen molar-refractivity contribution in [3.05, 3.63) is 53.6 Å². The van der Waals surface area contributed by atoms with Crippen LogP contribution in [0.25, 0.3) is 0 Å². The van der Waals surface area contributed by atoms with Crippen LogP contribution in [0.5, 0.6) is 5.75 Å². The van der Waals surface area contributed by atoms with Crippen LogP contribution in [0.4, 0.5) is 11.4 Å². The summed E-state index contributed by atoms with van der Waals surface area (Å²) in [6, 6.07) is 13.0. The van der Waals surface area contributed by atoms with Crippen LogP contribution in [-0.2, 0) is 11.2 Å². The van der Waals surface area contributed by atoms with Gasteiger partial charge in [0.05, 0.1) is 19.2 Å². The number of ether oxygens (including phenoxy) is 1. The lowest BCUT2D eigenvalue weighted by atomic mass is 10.1. The van der Waals surface area contributed by atoms with Crippen LogP contribution >= 0.6 is 0 Å². The molecule has 0 saturated heterocycles. The number of carbonyl (C=O) groups is 1. The highest BCUT2D eigenvalue weighted by molar-refractivity contribution is 5.93. The maximum atomic E-state index is 12.0. The Hall–Kier alpha value is -2.49. The zero-order chi connectivity index (χ0) is 14.5. The minimum atomic E-state index is -0.0638. The van der Waals surface area contributed by atoms with Gasteiger partial charge in [-0.15, -0.1) is 0 Å². The van der Waals surface area contributed by atoms with Gasteiger partial charge in [-0.3, -0.25) is 4.79 Å². The normalized spacial score (nSPS) is 10.1. The van der Waals surface area contributed by atoms with Crippen molar-refractivity contribution in [2.24, 2.45) is 0 Å². The van der Waals surface area contributed by atoms with Gasteiger partial charge in [0.2, 0.25) is 5.91 Å². The first-order chi connectivity index (χ1) is 9.60. The molecule has 0 aliphatic heterocycles. The number of methoxy groups -OCH3 is 1. The van der Waals surface area contributed by atoms with Gasteiger partial charge < -0.3 is 15.8 Å². The second-order valence-electron chi connectivity index (χ2n) is 4.61. The quantitative estimate of drug-likeness (QED) is 0.840. The monoisotopic (exact) mass is 270 g/mol. The van der Waals surface area contributed by atoms with Crippen molar-refractivity contribution in [2.75, 3.05) is 18.2 Å². The van der Waals surface area contributed by atoms with Crippen LogP contribution in [0.15, 0.2) is 42.5 Å². The molecule has 0 fully saturated rings. The van der Waals surface area contributed by atoms with Crippen molar-refractivity contribution in [1.82, 2.24) is 0 Å². The molecule has 0 spiro atoms. The van der Waals surface area contributed by atoms with Crippen LogP contribution in [0, 0.1) is 6.92 Å². The second kappa shape index (κ2) is 6.10. The fraction of sp³-hybridized carbons (Fsp3) is 0.188. The van der Waals surface area contributed by atoms with Crippen molar-refractivity contribution >= 4 is 17.3 Å². The van der Waals surface area contributed by atoms with Crippen LogP contribution in [0.2, 0.25) is 0 Å². The largest absolute Gasteiger partial charge is 0.495 e. The Labute approximate surface area is 118 Å². The number of carbonyl (C=O) groups excluding carboxylic acids is 1. The van der Waals surface area contributed by atoms with Gasteiger partial charge in [0.25, 0.3) is 0 Å². The molecule has 0 aliphatic carbocycles. The first kappa shape index (κ1) is 13.9. The van der Waals surface area contributed by atoms with Gasteiger partial charge >= 0.3 is 0 Å². The third-order valence-corrected chi connectivity index (χ3v) is 3.13. The van der Waals surface area contributed by atoms with Crippen molar-refractivity contribution in [3.63, 3.8) is 0 Å². The molecule has 20 heavy (non-hydrogen) atoms. The highest BCUT2D eigenvalue weighted by Gasteiger charge is 2.07. The Bertz CT molecular complexity index is 624. The van der Waals surface area contributed by atoms with Crippen molar-refractivity contribution in [2.45, 2.75) is 13.3 Å². The molecule has 2 rings (SSSR count). The molecule has 3 N–H and O–H groups in total. The van der Waals surface area contributed by atoms with Gasteiger partial charge in [-0.25, -0.2) is 0 Å². The average Bonchev–Trinajstić information content (AvgIpc) is 2.43. The lowest BCUT2D eigenvalue weighted by molar-refractivity contribution is -0.115. The third-order valence-electron chi connectivity index (χ3n) is 3.13. The molecule has 0 unspecified atom stereocenters. The molecule has 0 bridgehead atoms. The molecule has 2 aromatic rings. The molecule has 4 nitrogen and oxygen atoms in total. The van der Waals surface area contributed by atoms with E-state index in [2.05, 4.69) is 5.32 Å². The summed E-state index contributed by atoms with van der Waals surface area (Å²) in [5, 5.41) is 2.85. The Morgan fingerprint density at radius 3 is 2.70 bits per heavy atom. The Balaban J connectivity index is 2.07. The van der Waals surface area contributed by atoms with Crippen molar-refractivity contribution in [1.29, 1.82) is 0 Å². The summed E-state index contributed by atoms with van der Waals surface area (Å²) in [5.74, 6) is 0.491. The summed E-state index contributed by atoms with van der Waals surface area (Å²) < 4.78 is 5.13. The molecule has 0 saturated carbocycles. The first-order valence-electron chi connectivity index (χ1n) is 6.38. The molecule has 1 amide bonds. The molecule has 0 radical (unpaired) electrons. The Morgan fingerprint density at radius 2 is 2.00 bits per heavy atom. The maximum absolute atomic E-state index is 12.0. The van der Waals surface area contributed by atoms with Crippen LogP contribution < -0.4 is 15.8 Å². The molecule has 2 aromatic carbocycles. The van der Waals surface area contributed by atoms with Gasteiger partial charge in [-0.2, -0.15) is 0 Å². The number of nitrogens with two attached hydrogens (primary N) is 1. The Morgan fingerprint density at radius 1 is 1.25 bits per heavy atom. The second-order valence-corrected chi connectivity index (χ2v) is 4.61. The highest BCUT2D eigenvalue weighted by Crippen LogP contribution is 2.25. The fourth-order valence-electron chi connectivity index (χ4n) is 1.98. The lowest BCUT2D eigenvalue weighted by Gasteiger charge is -2.10. The SMILES string of the molecule is COc1cc(NC(=O)Cc2ccccc2C)ccc1N. The predicted octanol–water partition coefficient (Wildman–Crippen LogP) is 2.77. The molecule has 0 aliphatic rings. The summed E-state index contributed by atoms with van der Waals surface area (Å²) in [5.41, 5.74) is 9.09. The zero-order valence-electron chi connectivity index (χ0n) is 11.6.